The van der Waals surface area contributed by atoms with Crippen molar-refractivity contribution < 1.29 is 26.3 Å². The third kappa shape index (κ3) is 4.18. The topological polar surface area (TPSA) is 76.8 Å². The molecule has 0 spiro atoms. The van der Waals surface area contributed by atoms with E-state index in [4.69, 9.17) is 4.74 Å². The van der Waals surface area contributed by atoms with Crippen molar-refractivity contribution in [1.82, 2.24) is 19.5 Å². The van der Waals surface area contributed by atoms with Crippen LogP contribution < -0.4 is 0 Å². The Morgan fingerprint density at radius 2 is 1.80 bits per heavy atom. The molecular weight excluding hydrogens is 421 g/mol. The van der Waals surface area contributed by atoms with Crippen molar-refractivity contribution in [2.45, 2.75) is 17.6 Å². The predicted octanol–water partition coefficient (Wildman–Crippen LogP) is 2.65. The van der Waals surface area contributed by atoms with E-state index in [0.717, 1.165) is 16.8 Å². The first-order valence-corrected chi connectivity index (χ1v) is 11.1. The van der Waals surface area contributed by atoms with Crippen LogP contribution in [0.25, 0.3) is 16.9 Å². The van der Waals surface area contributed by atoms with Crippen molar-refractivity contribution in [3.05, 3.63) is 47.8 Å². The number of alkyl halides is 3. The molecule has 1 fully saturated rings. The maximum absolute atomic E-state index is 13.7. The van der Waals surface area contributed by atoms with E-state index >= 15 is 0 Å². The molecule has 1 aliphatic rings. The molecule has 0 N–H and O–H groups in total. The number of benzene rings is 1. The van der Waals surface area contributed by atoms with Gasteiger partial charge in [-0.05, 0) is 18.2 Å². The van der Waals surface area contributed by atoms with Gasteiger partial charge in [0.05, 0.1) is 30.0 Å². The second kappa shape index (κ2) is 7.64. The van der Waals surface area contributed by atoms with Crippen LogP contribution in [0.5, 0.6) is 0 Å². The van der Waals surface area contributed by atoms with Crippen molar-refractivity contribution in [3.63, 3.8) is 0 Å². The van der Waals surface area contributed by atoms with Gasteiger partial charge in [-0.15, -0.1) is 0 Å². The van der Waals surface area contributed by atoms with Gasteiger partial charge in [-0.1, -0.05) is 12.1 Å². The fraction of sp³-hybridized carbons (Fsp3) is 0.368. The molecule has 0 bridgehead atoms. The third-order valence-corrected chi connectivity index (χ3v) is 6.04. The summed E-state index contributed by atoms with van der Waals surface area (Å²) in [4.78, 5) is 6.59. The zero-order valence-corrected chi connectivity index (χ0v) is 16.9. The van der Waals surface area contributed by atoms with E-state index in [1.807, 2.05) is 0 Å². The summed E-state index contributed by atoms with van der Waals surface area (Å²) in [7, 11) is -3.41. The molecule has 0 atom stereocenters. The molecule has 7 nitrogen and oxygen atoms in total. The molecular formula is C19H19F3N4O3S. The number of nitrogens with zero attached hydrogens (tertiary/aromatic N) is 4. The summed E-state index contributed by atoms with van der Waals surface area (Å²) in [5.41, 5.74) is 0.242. The van der Waals surface area contributed by atoms with Crippen LogP contribution >= 0.6 is 0 Å². The number of halogens is 3. The average molecular weight is 440 g/mol. The van der Waals surface area contributed by atoms with Crippen molar-refractivity contribution in [3.8, 4) is 11.3 Å². The molecule has 11 heteroatoms. The van der Waals surface area contributed by atoms with Crippen LogP contribution in [0.3, 0.4) is 0 Å². The van der Waals surface area contributed by atoms with E-state index in [1.54, 1.807) is 0 Å². The standard InChI is InChI=1S/C19H19F3N4O3S/c1-30(27,28)15-4-2-13(3-5-15)16-10-17(19(20,21)22)26-18(24-16)14(11-23-26)12-25-6-8-29-9-7-25/h2-5,10-11H,6-9,12H2,1H3. The van der Waals surface area contributed by atoms with Crippen molar-refractivity contribution >= 4 is 15.5 Å². The van der Waals surface area contributed by atoms with Gasteiger partial charge in [-0.2, -0.15) is 18.3 Å². The van der Waals surface area contributed by atoms with E-state index in [-0.39, 0.29) is 16.2 Å². The largest absolute Gasteiger partial charge is 0.433 e. The maximum Gasteiger partial charge on any atom is 0.433 e. The zero-order chi connectivity index (χ0) is 21.5. The summed E-state index contributed by atoms with van der Waals surface area (Å²) in [6.07, 6.45) is -2.16. The lowest BCUT2D eigenvalue weighted by Crippen LogP contribution is -2.35. The van der Waals surface area contributed by atoms with Gasteiger partial charge in [0.2, 0.25) is 0 Å². The quantitative estimate of drug-likeness (QED) is 0.621. The fourth-order valence-corrected chi connectivity index (χ4v) is 3.97. The van der Waals surface area contributed by atoms with Crippen LogP contribution in [0, 0.1) is 0 Å². The van der Waals surface area contributed by atoms with Gasteiger partial charge >= 0.3 is 6.18 Å². The molecule has 0 radical (unpaired) electrons. The van der Waals surface area contributed by atoms with Crippen LogP contribution in [-0.4, -0.2) is 60.5 Å². The molecule has 160 valence electrons. The molecule has 3 heterocycles. The number of sulfone groups is 1. The van der Waals surface area contributed by atoms with Gasteiger partial charge < -0.3 is 4.74 Å². The lowest BCUT2D eigenvalue weighted by molar-refractivity contribution is -0.142. The number of aromatic nitrogens is 3. The molecule has 30 heavy (non-hydrogen) atoms. The highest BCUT2D eigenvalue weighted by Crippen LogP contribution is 2.33. The number of morpholine rings is 1. The van der Waals surface area contributed by atoms with Crippen molar-refractivity contribution in [1.29, 1.82) is 0 Å². The highest BCUT2D eigenvalue weighted by atomic mass is 32.2. The van der Waals surface area contributed by atoms with Gasteiger partial charge in [0.1, 0.15) is 0 Å². The van der Waals surface area contributed by atoms with Gasteiger partial charge in [0, 0.05) is 37.0 Å². The first-order valence-electron chi connectivity index (χ1n) is 9.18. The zero-order valence-electron chi connectivity index (χ0n) is 16.1. The third-order valence-electron chi connectivity index (χ3n) is 4.91. The summed E-state index contributed by atoms with van der Waals surface area (Å²) in [6.45, 7) is 2.90. The number of ether oxygens (including phenoxy) is 1. The minimum Gasteiger partial charge on any atom is -0.379 e. The van der Waals surface area contributed by atoms with Crippen molar-refractivity contribution in [2.24, 2.45) is 0 Å². The van der Waals surface area contributed by atoms with Gasteiger partial charge in [0.15, 0.2) is 21.2 Å². The van der Waals surface area contributed by atoms with Gasteiger partial charge in [-0.3, -0.25) is 4.90 Å². The normalized spacial score (nSPS) is 16.3. The minimum atomic E-state index is -4.63. The summed E-state index contributed by atoms with van der Waals surface area (Å²) < 4.78 is 70.5. The van der Waals surface area contributed by atoms with E-state index in [0.29, 0.717) is 44.0 Å². The number of hydrogen-bond donors (Lipinski definition) is 0. The lowest BCUT2D eigenvalue weighted by atomic mass is 10.1. The van der Waals surface area contributed by atoms with Crippen LogP contribution in [0.4, 0.5) is 13.2 Å². The highest BCUT2D eigenvalue weighted by molar-refractivity contribution is 7.90. The number of hydrogen-bond acceptors (Lipinski definition) is 6. The van der Waals surface area contributed by atoms with Crippen molar-refractivity contribution in [2.75, 3.05) is 32.6 Å². The highest BCUT2D eigenvalue weighted by Gasteiger charge is 2.35. The molecule has 1 saturated heterocycles. The van der Waals surface area contributed by atoms with Crippen LogP contribution in [0.1, 0.15) is 11.3 Å². The Labute approximate surface area is 171 Å². The summed E-state index contributed by atoms with van der Waals surface area (Å²) >= 11 is 0. The Kier molecular flexibility index (Phi) is 5.28. The predicted molar refractivity (Wildman–Crippen MR) is 103 cm³/mol. The van der Waals surface area contributed by atoms with E-state index in [1.165, 1.54) is 30.5 Å². The Morgan fingerprint density at radius 1 is 1.13 bits per heavy atom. The molecule has 2 aromatic heterocycles. The second-order valence-electron chi connectivity index (χ2n) is 7.11. The molecule has 4 rings (SSSR count). The fourth-order valence-electron chi connectivity index (χ4n) is 3.34. The van der Waals surface area contributed by atoms with Gasteiger partial charge in [0.25, 0.3) is 0 Å². The SMILES string of the molecule is CS(=O)(=O)c1ccc(-c2cc(C(F)(F)F)n3ncc(CN4CCOCC4)c3n2)cc1. The monoisotopic (exact) mass is 440 g/mol. The van der Waals surface area contributed by atoms with Crippen LogP contribution in [0.15, 0.2) is 41.4 Å². The second-order valence-corrected chi connectivity index (χ2v) is 9.13. The first-order chi connectivity index (χ1) is 14.1. The summed E-state index contributed by atoms with van der Waals surface area (Å²) in [6, 6.07) is 6.54. The Morgan fingerprint density at radius 3 is 2.40 bits per heavy atom. The smallest absolute Gasteiger partial charge is 0.379 e. The Bertz CT molecular complexity index is 1170. The van der Waals surface area contributed by atoms with Gasteiger partial charge in [-0.25, -0.2) is 17.9 Å². The average Bonchev–Trinajstić information content (AvgIpc) is 3.09. The first kappa shape index (κ1) is 20.8. The van der Waals surface area contributed by atoms with E-state index in [9.17, 15) is 21.6 Å². The summed E-state index contributed by atoms with van der Waals surface area (Å²) in [5.74, 6) is 0. The van der Waals surface area contributed by atoms with Crippen LogP contribution in [-0.2, 0) is 27.3 Å². The lowest BCUT2D eigenvalue weighted by Gasteiger charge is -2.26. The molecule has 0 amide bonds. The summed E-state index contributed by atoms with van der Waals surface area (Å²) in [5, 5.41) is 3.93. The number of rotatable bonds is 4. The Balaban J connectivity index is 1.80. The molecule has 0 aliphatic carbocycles. The van der Waals surface area contributed by atoms with E-state index in [2.05, 4.69) is 15.0 Å². The Hall–Kier alpha value is -2.50. The minimum absolute atomic E-state index is 0.0840. The molecule has 0 saturated carbocycles. The van der Waals surface area contributed by atoms with E-state index < -0.39 is 21.7 Å². The maximum atomic E-state index is 13.7. The molecule has 0 unspecified atom stereocenters. The molecule has 1 aliphatic heterocycles. The molecule has 3 aromatic rings. The van der Waals surface area contributed by atoms with Crippen LogP contribution in [0.2, 0.25) is 0 Å². The number of fused-ring (bicyclic) bond motifs is 1. The molecule has 1 aromatic carbocycles.